The predicted molar refractivity (Wildman–Crippen MR) is 130 cm³/mol. The fourth-order valence-electron chi connectivity index (χ4n) is 4.47. The molecule has 6 rings (SSSR count). The quantitative estimate of drug-likeness (QED) is 0.353. The average molecular weight is 403 g/mol. The Balaban J connectivity index is 1.69. The number of rotatable bonds is 3. The molecule has 0 unspecified atom stereocenters. The van der Waals surface area contributed by atoms with Crippen molar-refractivity contribution in [3.8, 4) is 11.4 Å². The third-order valence-corrected chi connectivity index (χ3v) is 5.96. The van der Waals surface area contributed by atoms with E-state index in [1.165, 1.54) is 21.8 Å². The molecule has 0 saturated carbocycles. The minimum atomic E-state index is 1.05. The molecule has 2 heterocycles. The van der Waals surface area contributed by atoms with Gasteiger partial charge in [0.2, 0.25) is 0 Å². The minimum absolute atomic E-state index is 1.05. The van der Waals surface area contributed by atoms with Gasteiger partial charge in [-0.05, 0) is 36.4 Å². The number of nitrogens with zero attached hydrogens (tertiary/aromatic N) is 4. The summed E-state index contributed by atoms with van der Waals surface area (Å²) in [6.45, 7) is 0. The Kier molecular flexibility index (Phi) is 3.87. The third kappa shape index (κ3) is 2.72. The number of hydrogen-bond acceptors (Lipinski definition) is 2. The topological polar surface area (TPSA) is 26.0 Å². The van der Waals surface area contributed by atoms with Crippen LogP contribution in [-0.4, -0.2) is 28.4 Å². The number of anilines is 1. The Bertz CT molecular complexity index is 1520. The molecule has 0 bridgehead atoms. The van der Waals surface area contributed by atoms with E-state index in [-0.39, 0.29) is 0 Å². The van der Waals surface area contributed by atoms with Crippen molar-refractivity contribution >= 4 is 38.4 Å². The van der Waals surface area contributed by atoms with Crippen molar-refractivity contribution in [1.29, 1.82) is 0 Å². The van der Waals surface area contributed by atoms with Crippen molar-refractivity contribution in [2.75, 3.05) is 19.0 Å². The number of aromatic nitrogens is 3. The van der Waals surface area contributed by atoms with Gasteiger partial charge in [-0.1, -0.05) is 54.6 Å². The van der Waals surface area contributed by atoms with Gasteiger partial charge in [0.25, 0.3) is 0 Å². The Hall–Kier alpha value is -4.05. The lowest BCUT2D eigenvalue weighted by molar-refractivity contribution is 0.906. The van der Waals surface area contributed by atoms with Gasteiger partial charge in [0, 0.05) is 35.9 Å². The van der Waals surface area contributed by atoms with Crippen LogP contribution < -0.4 is 4.90 Å². The van der Waals surface area contributed by atoms with Crippen molar-refractivity contribution in [3.05, 3.63) is 97.2 Å². The van der Waals surface area contributed by atoms with E-state index in [1.807, 2.05) is 16.9 Å². The number of fused-ring (bicyclic) bond motifs is 4. The molecule has 0 aliphatic rings. The standard InChI is InChI=1S/C27H22N4/c1-29(2)20-15-21(17-22(16-20)31-25-12-6-3-9-19(25)18-28-31)30-26-13-7-4-10-23(26)24-11-5-8-14-27(24)30/h3-18H,1-2H3. The van der Waals surface area contributed by atoms with E-state index in [0.717, 1.165) is 28.0 Å². The summed E-state index contributed by atoms with van der Waals surface area (Å²) in [5.74, 6) is 0. The molecule has 0 aliphatic carbocycles. The highest BCUT2D eigenvalue weighted by atomic mass is 15.3. The van der Waals surface area contributed by atoms with E-state index < -0.39 is 0 Å². The SMILES string of the molecule is CN(C)c1cc(-n2ncc3ccccc32)cc(-n2c3ccccc3c3ccccc32)c1. The maximum absolute atomic E-state index is 4.70. The summed E-state index contributed by atoms with van der Waals surface area (Å²) < 4.78 is 4.38. The highest BCUT2D eigenvalue weighted by molar-refractivity contribution is 6.09. The Labute approximate surface area is 180 Å². The van der Waals surface area contributed by atoms with Gasteiger partial charge < -0.3 is 9.47 Å². The molecule has 0 spiro atoms. The zero-order chi connectivity index (χ0) is 20.9. The monoisotopic (exact) mass is 402 g/mol. The van der Waals surface area contributed by atoms with Gasteiger partial charge >= 0.3 is 0 Å². The van der Waals surface area contributed by atoms with Crippen LogP contribution in [-0.2, 0) is 0 Å². The molecule has 2 aromatic heterocycles. The minimum Gasteiger partial charge on any atom is -0.378 e. The molecule has 0 N–H and O–H groups in total. The first-order valence-corrected chi connectivity index (χ1v) is 10.4. The molecule has 0 saturated heterocycles. The summed E-state index contributed by atoms with van der Waals surface area (Å²) in [6.07, 6.45) is 1.93. The third-order valence-electron chi connectivity index (χ3n) is 5.96. The lowest BCUT2D eigenvalue weighted by atomic mass is 10.2. The summed E-state index contributed by atoms with van der Waals surface area (Å²) in [6, 6.07) is 32.2. The largest absolute Gasteiger partial charge is 0.378 e. The summed E-state index contributed by atoms with van der Waals surface area (Å²) in [5, 5.41) is 8.36. The van der Waals surface area contributed by atoms with Gasteiger partial charge in [-0.3, -0.25) is 0 Å². The highest BCUT2D eigenvalue weighted by Gasteiger charge is 2.14. The molecular formula is C27H22N4. The highest BCUT2D eigenvalue weighted by Crippen LogP contribution is 2.34. The van der Waals surface area contributed by atoms with Gasteiger partial charge in [-0.15, -0.1) is 0 Å². The number of para-hydroxylation sites is 3. The Morgan fingerprint density at radius 1 is 0.645 bits per heavy atom. The lowest BCUT2D eigenvalue weighted by Crippen LogP contribution is -2.11. The normalized spacial score (nSPS) is 11.5. The lowest BCUT2D eigenvalue weighted by Gasteiger charge is -2.18. The second-order valence-corrected chi connectivity index (χ2v) is 8.09. The van der Waals surface area contributed by atoms with Crippen LogP contribution in [0.1, 0.15) is 0 Å². The van der Waals surface area contributed by atoms with E-state index in [0.29, 0.717) is 0 Å². The van der Waals surface area contributed by atoms with E-state index in [2.05, 4.69) is 108 Å². The predicted octanol–water partition coefficient (Wildman–Crippen LogP) is 6.19. The summed E-state index contributed by atoms with van der Waals surface area (Å²) in [5.41, 5.74) is 6.81. The number of hydrogen-bond donors (Lipinski definition) is 0. The Morgan fingerprint density at radius 2 is 1.23 bits per heavy atom. The van der Waals surface area contributed by atoms with Gasteiger partial charge in [-0.2, -0.15) is 5.10 Å². The first-order chi connectivity index (χ1) is 15.2. The van der Waals surface area contributed by atoms with Crippen LogP contribution in [0.2, 0.25) is 0 Å². The molecule has 4 aromatic carbocycles. The summed E-state index contributed by atoms with van der Waals surface area (Å²) in [4.78, 5) is 2.15. The maximum Gasteiger partial charge on any atom is 0.0741 e. The van der Waals surface area contributed by atoms with Crippen molar-refractivity contribution in [2.24, 2.45) is 0 Å². The molecule has 4 heteroatoms. The molecule has 4 nitrogen and oxygen atoms in total. The van der Waals surface area contributed by atoms with Gasteiger partial charge in [0.1, 0.15) is 0 Å². The number of benzene rings is 4. The molecule has 6 aromatic rings. The van der Waals surface area contributed by atoms with Crippen molar-refractivity contribution in [1.82, 2.24) is 14.3 Å². The molecule has 150 valence electrons. The summed E-state index contributed by atoms with van der Waals surface area (Å²) in [7, 11) is 4.16. The molecule has 0 fully saturated rings. The second-order valence-electron chi connectivity index (χ2n) is 8.09. The van der Waals surface area contributed by atoms with E-state index >= 15 is 0 Å². The van der Waals surface area contributed by atoms with Gasteiger partial charge in [0.05, 0.1) is 34.1 Å². The summed E-state index contributed by atoms with van der Waals surface area (Å²) >= 11 is 0. The van der Waals surface area contributed by atoms with Crippen molar-refractivity contribution in [2.45, 2.75) is 0 Å². The zero-order valence-electron chi connectivity index (χ0n) is 17.5. The van der Waals surface area contributed by atoms with Crippen LogP contribution in [0.25, 0.3) is 44.1 Å². The molecular weight excluding hydrogens is 380 g/mol. The Morgan fingerprint density at radius 3 is 1.90 bits per heavy atom. The van der Waals surface area contributed by atoms with Gasteiger partial charge in [0.15, 0.2) is 0 Å². The van der Waals surface area contributed by atoms with Crippen molar-refractivity contribution in [3.63, 3.8) is 0 Å². The molecule has 0 atom stereocenters. The van der Waals surface area contributed by atoms with E-state index in [1.54, 1.807) is 0 Å². The first-order valence-electron chi connectivity index (χ1n) is 10.4. The fourth-order valence-corrected chi connectivity index (χ4v) is 4.47. The fraction of sp³-hybridized carbons (Fsp3) is 0.0741. The van der Waals surface area contributed by atoms with Crippen molar-refractivity contribution < 1.29 is 0 Å². The van der Waals surface area contributed by atoms with Crippen LogP contribution in [0, 0.1) is 0 Å². The zero-order valence-corrected chi connectivity index (χ0v) is 17.5. The molecule has 0 radical (unpaired) electrons. The molecule has 31 heavy (non-hydrogen) atoms. The first kappa shape index (κ1) is 17.8. The van der Waals surface area contributed by atoms with Crippen LogP contribution in [0.15, 0.2) is 97.2 Å². The van der Waals surface area contributed by atoms with Crippen LogP contribution in [0.4, 0.5) is 5.69 Å². The molecule has 0 aliphatic heterocycles. The van der Waals surface area contributed by atoms with Crippen LogP contribution in [0.5, 0.6) is 0 Å². The van der Waals surface area contributed by atoms with Gasteiger partial charge in [-0.25, -0.2) is 4.68 Å². The smallest absolute Gasteiger partial charge is 0.0741 e. The van der Waals surface area contributed by atoms with E-state index in [4.69, 9.17) is 5.10 Å². The van der Waals surface area contributed by atoms with Crippen LogP contribution in [0.3, 0.4) is 0 Å². The van der Waals surface area contributed by atoms with E-state index in [9.17, 15) is 0 Å². The maximum atomic E-state index is 4.70. The second kappa shape index (κ2) is 6.74. The average Bonchev–Trinajstić information content (AvgIpc) is 3.38. The van der Waals surface area contributed by atoms with Crippen LogP contribution >= 0.6 is 0 Å². The molecule has 0 amide bonds.